The fourth-order valence-corrected chi connectivity index (χ4v) is 2.70. The van der Waals surface area contributed by atoms with Crippen LogP contribution in [0.5, 0.6) is 5.75 Å². The standard InChI is InChI=1S/C12H13BrO3/c1-7(12(14)15)5-8-6-16-10-4-2-3-9(13)11(8)10/h2-4,7-8H,5-6H2,1H3,(H,14,15). The lowest BCUT2D eigenvalue weighted by atomic mass is 9.91. The molecule has 2 rings (SSSR count). The van der Waals surface area contributed by atoms with Crippen LogP contribution in [0.4, 0.5) is 0 Å². The Hall–Kier alpha value is -1.03. The van der Waals surface area contributed by atoms with Crippen LogP contribution in [0.2, 0.25) is 0 Å². The Morgan fingerprint density at radius 3 is 3.12 bits per heavy atom. The van der Waals surface area contributed by atoms with Crippen molar-refractivity contribution >= 4 is 21.9 Å². The number of fused-ring (bicyclic) bond motifs is 1. The third-order valence-corrected chi connectivity index (χ3v) is 3.61. The number of carboxylic acids is 1. The first-order valence-electron chi connectivity index (χ1n) is 5.23. The molecule has 86 valence electrons. The van der Waals surface area contributed by atoms with Gasteiger partial charge in [-0.2, -0.15) is 0 Å². The van der Waals surface area contributed by atoms with E-state index in [-0.39, 0.29) is 11.8 Å². The second-order valence-corrected chi connectivity index (χ2v) is 4.99. The molecule has 1 heterocycles. The summed E-state index contributed by atoms with van der Waals surface area (Å²) in [4.78, 5) is 10.8. The SMILES string of the molecule is CC(CC1COc2cccc(Br)c21)C(=O)O. The summed E-state index contributed by atoms with van der Waals surface area (Å²) in [7, 11) is 0. The second-order valence-electron chi connectivity index (χ2n) is 4.13. The van der Waals surface area contributed by atoms with Crippen molar-refractivity contribution in [2.75, 3.05) is 6.61 Å². The van der Waals surface area contributed by atoms with Gasteiger partial charge < -0.3 is 9.84 Å². The average Bonchev–Trinajstić information content (AvgIpc) is 2.63. The molecule has 16 heavy (non-hydrogen) atoms. The molecule has 1 aliphatic rings. The summed E-state index contributed by atoms with van der Waals surface area (Å²) in [6.07, 6.45) is 0.616. The maximum Gasteiger partial charge on any atom is 0.306 e. The molecule has 3 nitrogen and oxygen atoms in total. The molecule has 0 bridgehead atoms. The lowest BCUT2D eigenvalue weighted by molar-refractivity contribution is -0.141. The smallest absolute Gasteiger partial charge is 0.306 e. The van der Waals surface area contributed by atoms with Crippen molar-refractivity contribution in [3.05, 3.63) is 28.2 Å². The maximum atomic E-state index is 10.8. The highest BCUT2D eigenvalue weighted by Gasteiger charge is 2.29. The molecule has 1 aliphatic heterocycles. The molecule has 0 fully saturated rings. The quantitative estimate of drug-likeness (QED) is 0.928. The van der Waals surface area contributed by atoms with Gasteiger partial charge in [0.1, 0.15) is 5.75 Å². The van der Waals surface area contributed by atoms with Crippen molar-refractivity contribution < 1.29 is 14.6 Å². The van der Waals surface area contributed by atoms with Crippen LogP contribution in [-0.4, -0.2) is 17.7 Å². The number of hydrogen-bond acceptors (Lipinski definition) is 2. The van der Waals surface area contributed by atoms with Crippen molar-refractivity contribution in [2.24, 2.45) is 5.92 Å². The topological polar surface area (TPSA) is 46.5 Å². The first kappa shape index (κ1) is 11.5. The van der Waals surface area contributed by atoms with Crippen LogP contribution >= 0.6 is 15.9 Å². The lowest BCUT2D eigenvalue weighted by Crippen LogP contribution is -2.14. The Bertz CT molecular complexity index is 417. The van der Waals surface area contributed by atoms with Gasteiger partial charge in [0, 0.05) is 16.0 Å². The molecule has 0 aliphatic carbocycles. The van der Waals surface area contributed by atoms with E-state index < -0.39 is 5.97 Å². The molecule has 0 saturated heterocycles. The van der Waals surface area contributed by atoms with Gasteiger partial charge in [0.05, 0.1) is 12.5 Å². The van der Waals surface area contributed by atoms with Crippen LogP contribution in [0.15, 0.2) is 22.7 Å². The van der Waals surface area contributed by atoms with Gasteiger partial charge in [0.2, 0.25) is 0 Å². The molecule has 1 N–H and O–H groups in total. The lowest BCUT2D eigenvalue weighted by Gasteiger charge is -2.13. The van der Waals surface area contributed by atoms with Crippen LogP contribution in [0.25, 0.3) is 0 Å². The van der Waals surface area contributed by atoms with Crippen molar-refractivity contribution in [1.29, 1.82) is 0 Å². The minimum absolute atomic E-state index is 0.177. The number of ether oxygens (including phenoxy) is 1. The summed E-state index contributed by atoms with van der Waals surface area (Å²) in [5.41, 5.74) is 1.11. The predicted molar refractivity (Wildman–Crippen MR) is 63.8 cm³/mol. The number of rotatable bonds is 3. The fraction of sp³-hybridized carbons (Fsp3) is 0.417. The van der Waals surface area contributed by atoms with Crippen molar-refractivity contribution in [2.45, 2.75) is 19.3 Å². The third-order valence-electron chi connectivity index (χ3n) is 2.92. The first-order valence-corrected chi connectivity index (χ1v) is 6.03. The molecule has 4 heteroatoms. The molecule has 0 saturated carbocycles. The molecule has 0 aromatic heterocycles. The Morgan fingerprint density at radius 1 is 1.69 bits per heavy atom. The minimum atomic E-state index is -0.750. The van der Waals surface area contributed by atoms with E-state index in [0.29, 0.717) is 13.0 Å². The average molecular weight is 285 g/mol. The van der Waals surface area contributed by atoms with Gasteiger partial charge in [-0.15, -0.1) is 0 Å². The monoisotopic (exact) mass is 284 g/mol. The van der Waals surface area contributed by atoms with E-state index in [9.17, 15) is 4.79 Å². The van der Waals surface area contributed by atoms with Crippen LogP contribution < -0.4 is 4.74 Å². The largest absolute Gasteiger partial charge is 0.493 e. The van der Waals surface area contributed by atoms with Gasteiger partial charge in [0.15, 0.2) is 0 Å². The van der Waals surface area contributed by atoms with Gasteiger partial charge in [0.25, 0.3) is 0 Å². The highest BCUT2D eigenvalue weighted by Crippen LogP contribution is 2.41. The van der Waals surface area contributed by atoms with Gasteiger partial charge in [-0.25, -0.2) is 0 Å². The first-order chi connectivity index (χ1) is 7.59. The Labute approximate surface area is 103 Å². The molecule has 2 unspecified atom stereocenters. The summed E-state index contributed by atoms with van der Waals surface area (Å²) < 4.78 is 6.55. The van der Waals surface area contributed by atoms with E-state index in [1.165, 1.54) is 0 Å². The van der Waals surface area contributed by atoms with Gasteiger partial charge in [-0.05, 0) is 18.6 Å². The van der Waals surface area contributed by atoms with Gasteiger partial charge in [-0.3, -0.25) is 4.79 Å². The number of aliphatic carboxylic acids is 1. The summed E-state index contributed by atoms with van der Waals surface area (Å²) in [6, 6.07) is 5.81. The van der Waals surface area contributed by atoms with Crippen molar-refractivity contribution in [3.63, 3.8) is 0 Å². The van der Waals surface area contributed by atoms with E-state index in [0.717, 1.165) is 15.8 Å². The van der Waals surface area contributed by atoms with Crippen LogP contribution in [0.3, 0.4) is 0 Å². The zero-order valence-electron chi connectivity index (χ0n) is 8.94. The van der Waals surface area contributed by atoms with E-state index >= 15 is 0 Å². The summed E-state index contributed by atoms with van der Waals surface area (Å²) in [6.45, 7) is 2.31. The molecule has 1 aromatic rings. The maximum absolute atomic E-state index is 10.8. The fourth-order valence-electron chi connectivity index (χ4n) is 2.03. The summed E-state index contributed by atoms with van der Waals surface area (Å²) in [5.74, 6) is -0.0409. The van der Waals surface area contributed by atoms with E-state index in [4.69, 9.17) is 9.84 Å². The Kier molecular flexibility index (Phi) is 3.19. The highest BCUT2D eigenvalue weighted by atomic mass is 79.9. The molecule has 2 atom stereocenters. The molecule has 0 radical (unpaired) electrons. The highest BCUT2D eigenvalue weighted by molar-refractivity contribution is 9.10. The van der Waals surface area contributed by atoms with Gasteiger partial charge in [-0.1, -0.05) is 28.9 Å². The van der Waals surface area contributed by atoms with E-state index in [2.05, 4.69) is 15.9 Å². The van der Waals surface area contributed by atoms with E-state index in [1.807, 2.05) is 18.2 Å². The van der Waals surface area contributed by atoms with Crippen LogP contribution in [-0.2, 0) is 4.79 Å². The molecular weight excluding hydrogens is 272 g/mol. The number of hydrogen-bond donors (Lipinski definition) is 1. The molecular formula is C12H13BrO3. The Balaban J connectivity index is 2.20. The molecule has 0 amide bonds. The van der Waals surface area contributed by atoms with Gasteiger partial charge >= 0.3 is 5.97 Å². The number of carbonyl (C=O) groups is 1. The zero-order chi connectivity index (χ0) is 11.7. The van der Waals surface area contributed by atoms with Crippen LogP contribution in [0, 0.1) is 5.92 Å². The van der Waals surface area contributed by atoms with E-state index in [1.54, 1.807) is 6.92 Å². The summed E-state index contributed by atoms with van der Waals surface area (Å²) in [5, 5.41) is 8.91. The molecule has 0 spiro atoms. The molecule has 1 aromatic carbocycles. The van der Waals surface area contributed by atoms with Crippen LogP contribution in [0.1, 0.15) is 24.8 Å². The second kappa shape index (κ2) is 4.45. The number of halogens is 1. The third kappa shape index (κ3) is 2.07. The Morgan fingerprint density at radius 2 is 2.44 bits per heavy atom. The predicted octanol–water partition coefficient (Wildman–Crippen LogP) is 3.04. The summed E-state index contributed by atoms with van der Waals surface area (Å²) >= 11 is 3.49. The normalized spacial score (nSPS) is 20.0. The van der Waals surface area contributed by atoms with Crippen molar-refractivity contribution in [3.8, 4) is 5.75 Å². The number of carboxylic acid groups (broad SMARTS) is 1. The van der Waals surface area contributed by atoms with Crippen molar-refractivity contribution in [1.82, 2.24) is 0 Å². The zero-order valence-corrected chi connectivity index (χ0v) is 10.5. The number of benzene rings is 1. The minimum Gasteiger partial charge on any atom is -0.493 e.